The number of aldehydes is 1. The highest BCUT2D eigenvalue weighted by molar-refractivity contribution is 5.92. The number of nitrogens with zero attached hydrogens (tertiary/aromatic N) is 1. The smallest absolute Gasteiger partial charge is 0.343 e. The third-order valence-electron chi connectivity index (χ3n) is 4.62. The summed E-state index contributed by atoms with van der Waals surface area (Å²) in [5.41, 5.74) is 3.95. The Labute approximate surface area is 175 Å². The molecule has 0 aliphatic carbocycles. The van der Waals surface area contributed by atoms with Gasteiger partial charge in [-0.05, 0) is 72.8 Å². The molecule has 30 heavy (non-hydrogen) atoms. The maximum Gasteiger partial charge on any atom is 0.343 e. The highest BCUT2D eigenvalue weighted by atomic mass is 16.5. The van der Waals surface area contributed by atoms with E-state index in [2.05, 4.69) is 4.90 Å². The molecular formula is C26H19NO3. The van der Waals surface area contributed by atoms with Gasteiger partial charge in [-0.3, -0.25) is 4.79 Å². The molecule has 0 saturated heterocycles. The van der Waals surface area contributed by atoms with E-state index in [1.54, 1.807) is 36.4 Å². The van der Waals surface area contributed by atoms with Gasteiger partial charge in [0.05, 0.1) is 5.56 Å². The lowest BCUT2D eigenvalue weighted by molar-refractivity contribution is 0.0734. The van der Waals surface area contributed by atoms with Gasteiger partial charge in [0.1, 0.15) is 12.0 Å². The zero-order valence-corrected chi connectivity index (χ0v) is 16.1. The molecule has 4 nitrogen and oxygen atoms in total. The largest absolute Gasteiger partial charge is 0.423 e. The second-order valence-electron chi connectivity index (χ2n) is 6.63. The molecule has 146 valence electrons. The van der Waals surface area contributed by atoms with Crippen LogP contribution in [0.4, 0.5) is 17.1 Å². The second kappa shape index (κ2) is 8.88. The summed E-state index contributed by atoms with van der Waals surface area (Å²) in [5, 5.41) is 0. The fraction of sp³-hybridized carbons (Fsp3) is 0. The molecule has 0 atom stereocenters. The van der Waals surface area contributed by atoms with Crippen molar-refractivity contribution in [2.75, 3.05) is 4.90 Å². The Morgan fingerprint density at radius 3 is 1.63 bits per heavy atom. The van der Waals surface area contributed by atoms with Crippen molar-refractivity contribution in [2.45, 2.75) is 0 Å². The molecule has 0 unspecified atom stereocenters. The first-order valence-corrected chi connectivity index (χ1v) is 9.52. The van der Waals surface area contributed by atoms with Crippen molar-refractivity contribution in [3.05, 3.63) is 120 Å². The molecule has 0 amide bonds. The molecule has 0 aromatic heterocycles. The maximum absolute atomic E-state index is 12.5. The van der Waals surface area contributed by atoms with Crippen molar-refractivity contribution in [1.29, 1.82) is 0 Å². The Kier molecular flexibility index (Phi) is 5.67. The molecule has 0 radical (unpaired) electrons. The Balaban J connectivity index is 1.58. The van der Waals surface area contributed by atoms with Crippen molar-refractivity contribution in [2.24, 2.45) is 0 Å². The first-order valence-electron chi connectivity index (χ1n) is 9.52. The number of benzene rings is 4. The van der Waals surface area contributed by atoms with Crippen LogP contribution in [0.3, 0.4) is 0 Å². The van der Waals surface area contributed by atoms with Crippen LogP contribution in [0.5, 0.6) is 5.75 Å². The van der Waals surface area contributed by atoms with Gasteiger partial charge in [0.15, 0.2) is 0 Å². The number of carbonyl (C=O) groups is 2. The number of anilines is 3. The number of carbonyl (C=O) groups excluding carboxylic acids is 2. The third-order valence-corrected chi connectivity index (χ3v) is 4.62. The SMILES string of the molecule is O=Cc1ccc(OC(=O)c2ccc(N(c3ccccc3)c3ccccc3)cc2)cc1. The Hall–Kier alpha value is -4.18. The molecule has 4 aromatic carbocycles. The quantitative estimate of drug-likeness (QED) is 0.223. The molecule has 4 heteroatoms. The molecule has 0 fully saturated rings. The Morgan fingerprint density at radius 1 is 0.633 bits per heavy atom. The normalized spacial score (nSPS) is 10.3. The fourth-order valence-electron chi connectivity index (χ4n) is 3.13. The second-order valence-corrected chi connectivity index (χ2v) is 6.63. The molecule has 0 spiro atoms. The van der Waals surface area contributed by atoms with Crippen LogP contribution in [0.1, 0.15) is 20.7 Å². The standard InChI is InChI=1S/C26H19NO3/c28-19-20-11-17-25(18-12-20)30-26(29)21-13-15-24(16-14-21)27(22-7-3-1-4-8-22)23-9-5-2-6-10-23/h1-19H. The summed E-state index contributed by atoms with van der Waals surface area (Å²) in [6, 6.07) is 33.8. The Bertz CT molecular complexity index is 1080. The zero-order valence-electron chi connectivity index (χ0n) is 16.1. The lowest BCUT2D eigenvalue weighted by atomic mass is 10.1. The van der Waals surface area contributed by atoms with E-state index in [0.29, 0.717) is 16.9 Å². The highest BCUT2D eigenvalue weighted by Gasteiger charge is 2.14. The monoisotopic (exact) mass is 393 g/mol. The molecule has 4 rings (SSSR count). The third kappa shape index (κ3) is 4.28. The predicted octanol–water partition coefficient (Wildman–Crippen LogP) is 6.19. The molecule has 0 N–H and O–H groups in total. The van der Waals surface area contributed by atoms with E-state index in [9.17, 15) is 9.59 Å². The van der Waals surface area contributed by atoms with Gasteiger partial charge in [0.2, 0.25) is 0 Å². The minimum atomic E-state index is -0.452. The van der Waals surface area contributed by atoms with Crippen LogP contribution in [0.25, 0.3) is 0 Å². The van der Waals surface area contributed by atoms with Gasteiger partial charge >= 0.3 is 5.97 Å². The molecule has 0 saturated carbocycles. The summed E-state index contributed by atoms with van der Waals surface area (Å²) in [5.74, 6) is -0.0590. The summed E-state index contributed by atoms with van der Waals surface area (Å²) < 4.78 is 5.40. The molecular weight excluding hydrogens is 374 g/mol. The van der Waals surface area contributed by atoms with Gasteiger partial charge in [-0.25, -0.2) is 4.79 Å². The van der Waals surface area contributed by atoms with Crippen LogP contribution in [-0.2, 0) is 0 Å². The average Bonchev–Trinajstić information content (AvgIpc) is 2.81. The zero-order chi connectivity index (χ0) is 20.8. The Morgan fingerprint density at radius 2 is 1.13 bits per heavy atom. The summed E-state index contributed by atoms with van der Waals surface area (Å²) in [4.78, 5) is 25.3. The highest BCUT2D eigenvalue weighted by Crippen LogP contribution is 2.34. The first kappa shape index (κ1) is 19.2. The molecule has 0 aliphatic heterocycles. The van der Waals surface area contributed by atoms with Crippen LogP contribution in [0.2, 0.25) is 0 Å². The van der Waals surface area contributed by atoms with Crippen LogP contribution in [0, 0.1) is 0 Å². The maximum atomic E-state index is 12.5. The van der Waals surface area contributed by atoms with Crippen molar-refractivity contribution < 1.29 is 14.3 Å². The van der Waals surface area contributed by atoms with E-state index in [1.165, 1.54) is 0 Å². The van der Waals surface area contributed by atoms with E-state index in [-0.39, 0.29) is 0 Å². The number of esters is 1. The van der Waals surface area contributed by atoms with Crippen LogP contribution < -0.4 is 9.64 Å². The number of hydrogen-bond donors (Lipinski definition) is 0. The number of hydrogen-bond acceptors (Lipinski definition) is 4. The molecule has 0 aliphatic rings. The van der Waals surface area contributed by atoms with Gasteiger partial charge in [-0.1, -0.05) is 36.4 Å². The van der Waals surface area contributed by atoms with Crippen LogP contribution in [-0.4, -0.2) is 12.3 Å². The first-order chi connectivity index (χ1) is 14.7. The van der Waals surface area contributed by atoms with Crippen LogP contribution in [0.15, 0.2) is 109 Å². The van der Waals surface area contributed by atoms with Gasteiger partial charge in [0, 0.05) is 22.6 Å². The number of rotatable bonds is 6. The van der Waals surface area contributed by atoms with E-state index in [0.717, 1.165) is 23.3 Å². The van der Waals surface area contributed by atoms with Gasteiger partial charge in [-0.15, -0.1) is 0 Å². The van der Waals surface area contributed by atoms with Gasteiger partial charge < -0.3 is 9.64 Å². The minimum absolute atomic E-state index is 0.393. The summed E-state index contributed by atoms with van der Waals surface area (Å²) in [6.07, 6.45) is 0.746. The van der Waals surface area contributed by atoms with Crippen molar-refractivity contribution >= 4 is 29.3 Å². The minimum Gasteiger partial charge on any atom is -0.423 e. The van der Waals surface area contributed by atoms with Gasteiger partial charge in [-0.2, -0.15) is 0 Å². The van der Waals surface area contributed by atoms with E-state index < -0.39 is 5.97 Å². The number of ether oxygens (including phenoxy) is 1. The van der Waals surface area contributed by atoms with Gasteiger partial charge in [0.25, 0.3) is 0 Å². The van der Waals surface area contributed by atoms with Crippen molar-refractivity contribution in [1.82, 2.24) is 0 Å². The predicted molar refractivity (Wildman–Crippen MR) is 118 cm³/mol. The molecule has 0 heterocycles. The van der Waals surface area contributed by atoms with E-state index in [1.807, 2.05) is 72.8 Å². The number of para-hydroxylation sites is 2. The fourth-order valence-corrected chi connectivity index (χ4v) is 3.13. The van der Waals surface area contributed by atoms with E-state index in [4.69, 9.17) is 4.74 Å². The summed E-state index contributed by atoms with van der Waals surface area (Å²) >= 11 is 0. The lowest BCUT2D eigenvalue weighted by Gasteiger charge is -2.25. The molecule has 0 bridgehead atoms. The van der Waals surface area contributed by atoms with Crippen LogP contribution >= 0.6 is 0 Å². The van der Waals surface area contributed by atoms with Crippen molar-refractivity contribution in [3.63, 3.8) is 0 Å². The topological polar surface area (TPSA) is 46.6 Å². The summed E-state index contributed by atoms with van der Waals surface area (Å²) in [7, 11) is 0. The summed E-state index contributed by atoms with van der Waals surface area (Å²) in [6.45, 7) is 0. The molecule has 4 aromatic rings. The lowest BCUT2D eigenvalue weighted by Crippen LogP contribution is -2.11. The van der Waals surface area contributed by atoms with Crippen molar-refractivity contribution in [3.8, 4) is 5.75 Å². The van der Waals surface area contributed by atoms with E-state index >= 15 is 0 Å². The average molecular weight is 393 g/mol.